The minimum Gasteiger partial charge on any atom is -0.458 e. The number of carbonyl (C=O) groups is 1. The highest BCUT2D eigenvalue weighted by atomic mass is 32.2. The van der Waals surface area contributed by atoms with Gasteiger partial charge >= 0.3 is 0 Å². The third-order valence-electron chi connectivity index (χ3n) is 7.18. The number of fused-ring (bicyclic) bond motifs is 1. The topological polar surface area (TPSA) is 135 Å². The van der Waals surface area contributed by atoms with E-state index >= 15 is 0 Å². The number of hydrogen-bond acceptors (Lipinski definition) is 7. The first-order valence-corrected chi connectivity index (χ1v) is 15.3. The van der Waals surface area contributed by atoms with Crippen LogP contribution in [0.3, 0.4) is 0 Å². The third kappa shape index (κ3) is 6.40. The van der Waals surface area contributed by atoms with Gasteiger partial charge in [-0.15, -0.1) is 0 Å². The van der Waals surface area contributed by atoms with Crippen molar-refractivity contribution in [1.82, 2.24) is 10.5 Å². The number of aryl methyl sites for hydroxylation is 4. The fraction of sp³-hybridized carbons (Fsp3) is 0.250. The van der Waals surface area contributed by atoms with Crippen LogP contribution in [0.25, 0.3) is 11.0 Å². The molecule has 42 heavy (non-hydrogen) atoms. The average Bonchev–Trinajstić information content (AvgIpc) is 3.49. The molecule has 0 bridgehead atoms. The standard InChI is InChI=1S/C32H33N3O6S/c1-18-6-12-26(19(2)14-18)31(23-8-10-25(11-9-23)35-42(5,38)39)33-29(36)16-22-7-13-27-24(15-22)17-28(40-27)32(37)30-20(3)34-41-21(30)4/h6-15,17,31-32,35,37H,16H2,1-5H3,(H,33,36). The minimum atomic E-state index is -3.41. The zero-order chi connectivity index (χ0) is 30.2. The van der Waals surface area contributed by atoms with Crippen LogP contribution >= 0.6 is 0 Å². The number of nitrogens with one attached hydrogen (secondary N) is 2. The summed E-state index contributed by atoms with van der Waals surface area (Å²) in [6.45, 7) is 7.52. The first kappa shape index (κ1) is 29.1. The molecule has 2 atom stereocenters. The van der Waals surface area contributed by atoms with Crippen molar-refractivity contribution >= 4 is 32.6 Å². The Hall–Kier alpha value is -4.41. The summed E-state index contributed by atoms with van der Waals surface area (Å²) in [7, 11) is -3.41. The van der Waals surface area contributed by atoms with Gasteiger partial charge in [-0.1, -0.05) is 47.1 Å². The highest BCUT2D eigenvalue weighted by molar-refractivity contribution is 7.92. The predicted molar refractivity (Wildman–Crippen MR) is 161 cm³/mol. The van der Waals surface area contributed by atoms with Gasteiger partial charge in [-0.05, 0) is 80.3 Å². The molecule has 0 spiro atoms. The smallest absolute Gasteiger partial charge is 0.229 e. The Morgan fingerprint density at radius 1 is 0.976 bits per heavy atom. The molecule has 3 N–H and O–H groups in total. The van der Waals surface area contributed by atoms with Gasteiger partial charge in [0.1, 0.15) is 23.2 Å². The summed E-state index contributed by atoms with van der Waals surface area (Å²) < 4.78 is 36.8. The van der Waals surface area contributed by atoms with E-state index in [0.29, 0.717) is 34.0 Å². The average molecular weight is 588 g/mol. The number of amides is 1. The van der Waals surface area contributed by atoms with Crippen LogP contribution in [0, 0.1) is 27.7 Å². The van der Waals surface area contributed by atoms with Gasteiger partial charge < -0.3 is 19.4 Å². The summed E-state index contributed by atoms with van der Waals surface area (Å²) in [5.74, 6) is 0.708. The molecule has 0 aliphatic heterocycles. The van der Waals surface area contributed by atoms with Crippen LogP contribution in [0.4, 0.5) is 5.69 Å². The SMILES string of the molecule is Cc1ccc(C(NC(=O)Cc2ccc3oc(C(O)c4c(C)noc4C)cc3c2)c2ccc(NS(C)(=O)=O)cc2)c(C)c1. The largest absolute Gasteiger partial charge is 0.458 e. The molecule has 2 heterocycles. The Morgan fingerprint density at radius 2 is 1.71 bits per heavy atom. The van der Waals surface area contributed by atoms with Crippen LogP contribution in [-0.4, -0.2) is 30.8 Å². The number of benzene rings is 3. The van der Waals surface area contributed by atoms with Crippen LogP contribution in [0.5, 0.6) is 0 Å². The van der Waals surface area contributed by atoms with Crippen molar-refractivity contribution in [3.05, 3.63) is 117 Å². The minimum absolute atomic E-state index is 0.123. The van der Waals surface area contributed by atoms with Crippen LogP contribution < -0.4 is 10.0 Å². The number of nitrogens with zero attached hydrogens (tertiary/aromatic N) is 1. The van der Waals surface area contributed by atoms with Crippen LogP contribution in [-0.2, 0) is 21.2 Å². The molecule has 0 saturated carbocycles. The lowest BCUT2D eigenvalue weighted by molar-refractivity contribution is -0.120. The first-order valence-electron chi connectivity index (χ1n) is 13.5. The van der Waals surface area contributed by atoms with E-state index in [1.807, 2.05) is 38.1 Å². The predicted octanol–water partition coefficient (Wildman–Crippen LogP) is 5.56. The molecule has 2 unspecified atom stereocenters. The molecule has 0 radical (unpaired) electrons. The van der Waals surface area contributed by atoms with E-state index in [0.717, 1.165) is 39.5 Å². The fourth-order valence-electron chi connectivity index (χ4n) is 5.23. The van der Waals surface area contributed by atoms with E-state index in [2.05, 4.69) is 21.3 Å². The van der Waals surface area contributed by atoms with Crippen molar-refractivity contribution in [2.75, 3.05) is 11.0 Å². The second kappa shape index (κ2) is 11.5. The number of hydrogen-bond donors (Lipinski definition) is 3. The van der Waals surface area contributed by atoms with Crippen molar-refractivity contribution in [3.63, 3.8) is 0 Å². The Bertz CT molecular complexity index is 1850. The number of aromatic nitrogens is 1. The zero-order valence-corrected chi connectivity index (χ0v) is 24.9. The third-order valence-corrected chi connectivity index (χ3v) is 7.79. The van der Waals surface area contributed by atoms with Gasteiger partial charge in [0.05, 0.1) is 30.0 Å². The summed E-state index contributed by atoms with van der Waals surface area (Å²) >= 11 is 0. The van der Waals surface area contributed by atoms with Gasteiger partial charge in [0.25, 0.3) is 0 Å². The highest BCUT2D eigenvalue weighted by Crippen LogP contribution is 2.32. The van der Waals surface area contributed by atoms with E-state index in [-0.39, 0.29) is 12.3 Å². The van der Waals surface area contributed by atoms with Crippen LogP contribution in [0.1, 0.15) is 62.7 Å². The lowest BCUT2D eigenvalue weighted by atomic mass is 9.93. The van der Waals surface area contributed by atoms with E-state index in [1.54, 1.807) is 50.2 Å². The van der Waals surface area contributed by atoms with E-state index in [1.165, 1.54) is 0 Å². The molecule has 5 rings (SSSR count). The Morgan fingerprint density at radius 3 is 2.36 bits per heavy atom. The molecule has 0 saturated heterocycles. The van der Waals surface area contributed by atoms with E-state index < -0.39 is 22.2 Å². The van der Waals surface area contributed by atoms with Gasteiger partial charge in [-0.2, -0.15) is 0 Å². The summed E-state index contributed by atoms with van der Waals surface area (Å²) in [6.07, 6.45) is 0.202. The van der Waals surface area contributed by atoms with Crippen molar-refractivity contribution in [1.29, 1.82) is 0 Å². The Labute approximate surface area is 244 Å². The molecule has 2 aromatic heterocycles. The number of aliphatic hydroxyl groups excluding tert-OH is 1. The molecule has 218 valence electrons. The molecule has 9 nitrogen and oxygen atoms in total. The second-order valence-corrected chi connectivity index (χ2v) is 12.4. The molecular formula is C32H33N3O6S. The number of rotatable bonds is 9. The van der Waals surface area contributed by atoms with E-state index in [4.69, 9.17) is 8.94 Å². The summed E-state index contributed by atoms with van der Waals surface area (Å²) in [6, 6.07) is 19.9. The normalized spacial score (nSPS) is 13.2. The molecule has 1 amide bonds. The van der Waals surface area contributed by atoms with Crippen molar-refractivity contribution in [3.8, 4) is 0 Å². The molecule has 0 aliphatic carbocycles. The van der Waals surface area contributed by atoms with Gasteiger partial charge in [0, 0.05) is 11.1 Å². The lowest BCUT2D eigenvalue weighted by Gasteiger charge is -2.22. The van der Waals surface area contributed by atoms with Gasteiger partial charge in [0.2, 0.25) is 15.9 Å². The molecule has 0 aliphatic rings. The number of aliphatic hydroxyl groups is 1. The maximum absolute atomic E-state index is 13.4. The maximum atomic E-state index is 13.4. The van der Waals surface area contributed by atoms with Crippen molar-refractivity contribution in [2.24, 2.45) is 0 Å². The van der Waals surface area contributed by atoms with Crippen molar-refractivity contribution in [2.45, 2.75) is 46.3 Å². The number of anilines is 1. The monoisotopic (exact) mass is 587 g/mol. The zero-order valence-electron chi connectivity index (χ0n) is 24.1. The molecular weight excluding hydrogens is 554 g/mol. The van der Waals surface area contributed by atoms with Gasteiger partial charge in [0.15, 0.2) is 0 Å². The van der Waals surface area contributed by atoms with E-state index in [9.17, 15) is 18.3 Å². The Kier molecular flexibility index (Phi) is 7.94. The number of carbonyl (C=O) groups excluding carboxylic acids is 1. The second-order valence-electron chi connectivity index (χ2n) is 10.7. The van der Waals surface area contributed by atoms with Gasteiger partial charge in [-0.3, -0.25) is 9.52 Å². The summed E-state index contributed by atoms with van der Waals surface area (Å²) in [4.78, 5) is 13.4. The van der Waals surface area contributed by atoms with Gasteiger partial charge in [-0.25, -0.2) is 8.42 Å². The summed E-state index contributed by atoms with van der Waals surface area (Å²) in [5.41, 5.74) is 6.90. The highest BCUT2D eigenvalue weighted by Gasteiger charge is 2.24. The molecule has 0 fully saturated rings. The number of sulfonamides is 1. The first-order chi connectivity index (χ1) is 19.9. The lowest BCUT2D eigenvalue weighted by Crippen LogP contribution is -2.31. The Balaban J connectivity index is 1.38. The molecule has 3 aromatic carbocycles. The van der Waals surface area contributed by atoms with Crippen LogP contribution in [0.2, 0.25) is 0 Å². The van der Waals surface area contributed by atoms with Crippen molar-refractivity contribution < 1.29 is 27.3 Å². The van der Waals surface area contributed by atoms with Crippen LogP contribution in [0.15, 0.2) is 75.7 Å². The maximum Gasteiger partial charge on any atom is 0.229 e. The summed E-state index contributed by atoms with van der Waals surface area (Å²) in [5, 5.41) is 18.7. The fourth-order valence-corrected chi connectivity index (χ4v) is 5.79. The quantitative estimate of drug-likeness (QED) is 0.206. The molecule has 5 aromatic rings. The molecule has 10 heteroatoms. The number of furan rings is 1.